The highest BCUT2D eigenvalue weighted by atomic mass is 32.2. The van der Waals surface area contributed by atoms with Gasteiger partial charge in [0.15, 0.2) is 4.90 Å². The van der Waals surface area contributed by atoms with Crippen molar-refractivity contribution in [1.82, 2.24) is 3.97 Å². The predicted molar refractivity (Wildman–Crippen MR) is 92.1 cm³/mol. The zero-order valence-corrected chi connectivity index (χ0v) is 15.5. The van der Waals surface area contributed by atoms with Gasteiger partial charge in [-0.3, -0.25) is 10.1 Å². The molecule has 2 rings (SSSR count). The Kier molecular flexibility index (Phi) is 5.64. The minimum atomic E-state index is -4.51. The van der Waals surface area contributed by atoms with Crippen molar-refractivity contribution in [2.75, 3.05) is 13.7 Å². The van der Waals surface area contributed by atoms with Crippen LogP contribution >= 0.6 is 0 Å². The second kappa shape index (κ2) is 7.58. The van der Waals surface area contributed by atoms with Gasteiger partial charge >= 0.3 is 11.9 Å². The van der Waals surface area contributed by atoms with Crippen molar-refractivity contribution in [3.63, 3.8) is 0 Å². The van der Waals surface area contributed by atoms with Gasteiger partial charge in [-0.05, 0) is 37.6 Å². The molecule has 10 nitrogen and oxygen atoms in total. The number of carbonyl (C=O) groups is 2. The van der Waals surface area contributed by atoms with E-state index < -0.39 is 37.5 Å². The van der Waals surface area contributed by atoms with Crippen molar-refractivity contribution in [1.29, 1.82) is 0 Å². The number of aryl methyl sites for hydroxylation is 1. The van der Waals surface area contributed by atoms with E-state index in [0.717, 1.165) is 31.5 Å². The lowest BCUT2D eigenvalue weighted by molar-refractivity contribution is -0.387. The van der Waals surface area contributed by atoms with Crippen molar-refractivity contribution < 1.29 is 32.4 Å². The molecule has 1 aromatic carbocycles. The maximum Gasteiger partial charge on any atom is 0.356 e. The van der Waals surface area contributed by atoms with Crippen LogP contribution in [0.25, 0.3) is 0 Å². The Labute approximate surface area is 154 Å². The van der Waals surface area contributed by atoms with Gasteiger partial charge in [-0.1, -0.05) is 0 Å². The monoisotopic (exact) mass is 396 g/mol. The number of aromatic nitrogens is 1. The molecule has 11 heteroatoms. The van der Waals surface area contributed by atoms with Gasteiger partial charge in [0.1, 0.15) is 5.69 Å². The molecular weight excluding hydrogens is 380 g/mol. The van der Waals surface area contributed by atoms with Crippen molar-refractivity contribution in [3.8, 4) is 0 Å². The zero-order valence-electron chi connectivity index (χ0n) is 14.7. The summed E-state index contributed by atoms with van der Waals surface area (Å²) in [6.07, 6.45) is 1.15. The fraction of sp³-hybridized carbons (Fsp3) is 0.250. The number of nitrogens with zero attached hydrogens (tertiary/aromatic N) is 2. The smallest absolute Gasteiger partial charge is 0.356 e. The Morgan fingerprint density at radius 2 is 1.89 bits per heavy atom. The summed E-state index contributed by atoms with van der Waals surface area (Å²) < 4.78 is 35.9. The third kappa shape index (κ3) is 3.82. The minimum Gasteiger partial charge on any atom is -0.465 e. The largest absolute Gasteiger partial charge is 0.465 e. The lowest BCUT2D eigenvalue weighted by Gasteiger charge is -2.11. The topological polar surface area (TPSA) is 135 Å². The average molecular weight is 396 g/mol. The van der Waals surface area contributed by atoms with E-state index in [-0.39, 0.29) is 17.9 Å². The van der Waals surface area contributed by atoms with E-state index in [2.05, 4.69) is 4.74 Å². The van der Waals surface area contributed by atoms with E-state index in [1.54, 1.807) is 13.8 Å². The van der Waals surface area contributed by atoms with Gasteiger partial charge in [0.25, 0.3) is 15.7 Å². The van der Waals surface area contributed by atoms with E-state index >= 15 is 0 Å². The quantitative estimate of drug-likeness (QED) is 0.410. The molecular formula is C16H16N2O8S. The molecule has 0 atom stereocenters. The Balaban J connectivity index is 2.69. The first-order valence-electron chi connectivity index (χ1n) is 7.62. The lowest BCUT2D eigenvalue weighted by atomic mass is 10.2. The fourth-order valence-corrected chi connectivity index (χ4v) is 3.89. The molecule has 0 saturated carbocycles. The SMILES string of the molecule is CCOC(=O)c1cc(C)cn1S(=O)(=O)c1ccc(C(=O)OC)cc1[N+](=O)[O-]. The molecule has 0 bridgehead atoms. The normalized spacial score (nSPS) is 11.1. The van der Waals surface area contributed by atoms with E-state index in [1.165, 1.54) is 6.07 Å². The Bertz CT molecular complexity index is 1020. The number of methoxy groups -OCH3 is 1. The van der Waals surface area contributed by atoms with E-state index in [0.29, 0.717) is 9.54 Å². The summed E-state index contributed by atoms with van der Waals surface area (Å²) in [6, 6.07) is 4.11. The highest BCUT2D eigenvalue weighted by Gasteiger charge is 2.32. The Morgan fingerprint density at radius 3 is 2.44 bits per heavy atom. The summed E-state index contributed by atoms with van der Waals surface area (Å²) in [4.78, 5) is 33.4. The number of ether oxygens (including phenoxy) is 2. The zero-order chi connectivity index (χ0) is 20.4. The average Bonchev–Trinajstić information content (AvgIpc) is 3.03. The van der Waals surface area contributed by atoms with Gasteiger partial charge in [0, 0.05) is 12.3 Å². The molecule has 0 saturated heterocycles. The number of nitro benzene ring substituents is 1. The molecule has 0 aliphatic carbocycles. The van der Waals surface area contributed by atoms with Gasteiger partial charge in [-0.25, -0.2) is 22.0 Å². The number of hydrogen-bond donors (Lipinski definition) is 0. The summed E-state index contributed by atoms with van der Waals surface area (Å²) in [6.45, 7) is 3.14. The molecule has 0 fully saturated rings. The van der Waals surface area contributed by atoms with E-state index in [1.807, 2.05) is 0 Å². The van der Waals surface area contributed by atoms with E-state index in [4.69, 9.17) is 4.74 Å². The summed E-state index contributed by atoms with van der Waals surface area (Å²) in [5, 5.41) is 11.4. The first kappa shape index (κ1) is 20.1. The van der Waals surface area contributed by atoms with E-state index in [9.17, 15) is 28.1 Å². The molecule has 2 aromatic rings. The molecule has 144 valence electrons. The van der Waals surface area contributed by atoms with Crippen LogP contribution in [0.2, 0.25) is 0 Å². The third-order valence-corrected chi connectivity index (χ3v) is 5.24. The van der Waals surface area contributed by atoms with Crippen molar-refractivity contribution in [2.45, 2.75) is 18.7 Å². The molecule has 0 unspecified atom stereocenters. The number of carbonyl (C=O) groups excluding carboxylic acids is 2. The maximum atomic E-state index is 13.0. The molecule has 1 heterocycles. The first-order chi connectivity index (χ1) is 12.6. The number of nitro groups is 1. The molecule has 0 aliphatic rings. The van der Waals surface area contributed by atoms with Crippen LogP contribution in [-0.2, 0) is 19.5 Å². The highest BCUT2D eigenvalue weighted by molar-refractivity contribution is 7.90. The molecule has 0 radical (unpaired) electrons. The van der Waals surface area contributed by atoms with Crippen LogP contribution in [0.5, 0.6) is 0 Å². The summed E-state index contributed by atoms with van der Waals surface area (Å²) in [5.41, 5.74) is -0.854. The lowest BCUT2D eigenvalue weighted by Crippen LogP contribution is -2.20. The molecule has 0 N–H and O–H groups in total. The van der Waals surface area contributed by atoms with Crippen LogP contribution in [0.3, 0.4) is 0 Å². The van der Waals surface area contributed by atoms with Crippen LogP contribution in [0.15, 0.2) is 35.4 Å². The number of rotatable bonds is 6. The highest BCUT2D eigenvalue weighted by Crippen LogP contribution is 2.29. The van der Waals surface area contributed by atoms with Gasteiger partial charge in [-0.15, -0.1) is 0 Å². The molecule has 0 aliphatic heterocycles. The summed E-state index contributed by atoms with van der Waals surface area (Å²) >= 11 is 0. The Morgan fingerprint density at radius 1 is 1.22 bits per heavy atom. The summed E-state index contributed by atoms with van der Waals surface area (Å²) in [5.74, 6) is -1.74. The second-order valence-electron chi connectivity index (χ2n) is 5.36. The second-order valence-corrected chi connectivity index (χ2v) is 7.14. The van der Waals surface area contributed by atoms with Gasteiger partial charge < -0.3 is 9.47 Å². The number of esters is 2. The molecule has 0 spiro atoms. The molecule has 0 amide bonds. The number of hydrogen-bond acceptors (Lipinski definition) is 8. The van der Waals surface area contributed by atoms with Crippen molar-refractivity contribution >= 4 is 27.6 Å². The Hall–Kier alpha value is -3.21. The predicted octanol–water partition coefficient (Wildman–Crippen LogP) is 1.91. The first-order valence-corrected chi connectivity index (χ1v) is 9.06. The standard InChI is InChI=1S/C16H16N2O8S/c1-4-26-16(20)13-7-10(2)9-17(13)27(23,24)14-6-5-11(15(19)25-3)8-12(14)18(21)22/h5-9H,4H2,1-3H3. The van der Waals surface area contributed by atoms with Gasteiger partial charge in [0.2, 0.25) is 0 Å². The van der Waals surface area contributed by atoms with Crippen LogP contribution in [0.4, 0.5) is 5.69 Å². The third-order valence-electron chi connectivity index (χ3n) is 3.52. The number of benzene rings is 1. The van der Waals surface area contributed by atoms with Crippen molar-refractivity contribution in [2.24, 2.45) is 0 Å². The molecule has 1 aromatic heterocycles. The van der Waals surface area contributed by atoms with Crippen molar-refractivity contribution in [3.05, 3.63) is 57.4 Å². The maximum absolute atomic E-state index is 13.0. The fourth-order valence-electron chi connectivity index (χ4n) is 2.35. The van der Waals surface area contributed by atoms with Gasteiger partial charge in [-0.2, -0.15) is 0 Å². The van der Waals surface area contributed by atoms with Crippen LogP contribution < -0.4 is 0 Å². The van der Waals surface area contributed by atoms with Gasteiger partial charge in [0.05, 0.1) is 24.2 Å². The van der Waals surface area contributed by atoms with Crippen LogP contribution in [-0.4, -0.2) is 43.0 Å². The summed E-state index contributed by atoms with van der Waals surface area (Å²) in [7, 11) is -3.42. The van der Waals surface area contributed by atoms with Crippen LogP contribution in [0.1, 0.15) is 33.3 Å². The molecule has 27 heavy (non-hydrogen) atoms. The van der Waals surface area contributed by atoms with Crippen LogP contribution in [0, 0.1) is 17.0 Å². The minimum absolute atomic E-state index is 0.0249.